The highest BCUT2D eigenvalue weighted by atomic mass is 32.2. The molecule has 0 aromatic heterocycles. The van der Waals surface area contributed by atoms with Gasteiger partial charge >= 0.3 is 0 Å². The van der Waals surface area contributed by atoms with E-state index in [0.717, 1.165) is 11.3 Å². The number of thioether (sulfide) groups is 1. The van der Waals surface area contributed by atoms with E-state index in [2.05, 4.69) is 4.72 Å². The zero-order valence-corrected chi connectivity index (χ0v) is 12.1. The molecule has 6 heteroatoms. The molecular weight excluding hydrogens is 270 g/mol. The second kappa shape index (κ2) is 6.92. The number of hydrogen-bond donors (Lipinski definition) is 1. The molecule has 0 amide bonds. The molecule has 1 unspecified atom stereocenters. The number of hydrogen-bond acceptors (Lipinski definition) is 4. The lowest BCUT2D eigenvalue weighted by Crippen LogP contribution is -2.36. The third kappa shape index (κ3) is 4.44. The fourth-order valence-electron chi connectivity index (χ4n) is 1.38. The normalized spacial score (nSPS) is 13.2. The maximum atomic E-state index is 12.0. The molecule has 1 aromatic carbocycles. The van der Waals surface area contributed by atoms with Crippen LogP contribution in [0, 0.1) is 6.92 Å². The topological polar surface area (TPSA) is 63.2 Å². The Labute approximate surface area is 112 Å². The Hall–Kier alpha value is -0.850. The van der Waals surface area contributed by atoms with Crippen LogP contribution in [0.4, 0.5) is 0 Å². The predicted octanol–water partition coefficient (Wildman–Crippen LogP) is 1.59. The molecule has 0 aliphatic carbocycles. The second-order valence-corrected chi connectivity index (χ2v) is 6.66. The Kier molecular flexibility index (Phi) is 5.84. The maximum absolute atomic E-state index is 12.0. The van der Waals surface area contributed by atoms with E-state index in [1.807, 2.05) is 13.2 Å². The van der Waals surface area contributed by atoms with Gasteiger partial charge in [-0.15, -0.1) is 0 Å². The van der Waals surface area contributed by atoms with Gasteiger partial charge in [-0.2, -0.15) is 11.8 Å². The average Bonchev–Trinajstić information content (AvgIpc) is 2.35. The minimum Gasteiger partial charge on any atom is -0.302 e. The Morgan fingerprint density at radius 2 is 1.94 bits per heavy atom. The third-order valence-corrected chi connectivity index (χ3v) is 4.58. The zero-order valence-electron chi connectivity index (χ0n) is 10.4. The van der Waals surface area contributed by atoms with Crippen molar-refractivity contribution in [1.82, 2.24) is 4.72 Å². The molecule has 0 radical (unpaired) electrons. The molecule has 0 spiro atoms. The fourth-order valence-corrected chi connectivity index (χ4v) is 3.08. The molecule has 0 bridgehead atoms. The Morgan fingerprint density at radius 1 is 1.33 bits per heavy atom. The molecule has 18 heavy (non-hydrogen) atoms. The van der Waals surface area contributed by atoms with E-state index in [4.69, 9.17) is 0 Å². The van der Waals surface area contributed by atoms with Crippen LogP contribution in [0.2, 0.25) is 0 Å². The minimum atomic E-state index is -3.61. The molecule has 0 aliphatic heterocycles. The first kappa shape index (κ1) is 15.2. The van der Waals surface area contributed by atoms with E-state index in [0.29, 0.717) is 12.7 Å². The van der Waals surface area contributed by atoms with Gasteiger partial charge in [0.2, 0.25) is 10.0 Å². The summed E-state index contributed by atoms with van der Waals surface area (Å²) in [6.45, 7) is 1.89. The first-order valence-electron chi connectivity index (χ1n) is 5.53. The molecule has 4 nitrogen and oxygen atoms in total. The van der Waals surface area contributed by atoms with Crippen molar-refractivity contribution in [3.05, 3.63) is 29.8 Å². The van der Waals surface area contributed by atoms with Gasteiger partial charge in [0.25, 0.3) is 0 Å². The standard InChI is InChI=1S/C12H17NO3S2/c1-10-3-5-12(6-4-10)18(15,16)13-11(9-14)7-8-17-2/h3-6,9,11,13H,7-8H2,1-2H3. The van der Waals surface area contributed by atoms with Gasteiger partial charge in [-0.1, -0.05) is 17.7 Å². The monoisotopic (exact) mass is 287 g/mol. The number of rotatable bonds is 7. The number of carbonyl (C=O) groups is 1. The number of aryl methyl sites for hydroxylation is 1. The van der Waals surface area contributed by atoms with Gasteiger partial charge in [-0.25, -0.2) is 13.1 Å². The first-order valence-corrected chi connectivity index (χ1v) is 8.40. The number of sulfonamides is 1. The number of carbonyl (C=O) groups excluding carboxylic acids is 1. The first-order chi connectivity index (χ1) is 8.49. The lowest BCUT2D eigenvalue weighted by molar-refractivity contribution is -0.109. The quantitative estimate of drug-likeness (QED) is 0.774. The summed E-state index contributed by atoms with van der Waals surface area (Å²) in [5, 5.41) is 0. The molecule has 0 heterocycles. The zero-order chi connectivity index (χ0) is 13.6. The van der Waals surface area contributed by atoms with Gasteiger partial charge in [0, 0.05) is 0 Å². The summed E-state index contributed by atoms with van der Waals surface area (Å²) in [4.78, 5) is 11.0. The van der Waals surface area contributed by atoms with Gasteiger partial charge in [0.1, 0.15) is 6.29 Å². The highest BCUT2D eigenvalue weighted by Crippen LogP contribution is 2.11. The van der Waals surface area contributed by atoms with E-state index in [1.165, 1.54) is 12.1 Å². The van der Waals surface area contributed by atoms with Crippen LogP contribution in [0.25, 0.3) is 0 Å². The summed E-state index contributed by atoms with van der Waals surface area (Å²) < 4.78 is 26.4. The van der Waals surface area contributed by atoms with E-state index in [-0.39, 0.29) is 4.90 Å². The van der Waals surface area contributed by atoms with E-state index >= 15 is 0 Å². The van der Waals surface area contributed by atoms with Gasteiger partial charge in [0.15, 0.2) is 0 Å². The molecule has 1 N–H and O–H groups in total. The second-order valence-electron chi connectivity index (χ2n) is 3.96. The number of aldehydes is 1. The summed E-state index contributed by atoms with van der Waals surface area (Å²) in [7, 11) is -3.61. The van der Waals surface area contributed by atoms with Crippen LogP contribution in [0.5, 0.6) is 0 Å². The highest BCUT2D eigenvalue weighted by Gasteiger charge is 2.19. The van der Waals surface area contributed by atoms with Crippen LogP contribution in [0.15, 0.2) is 29.2 Å². The molecule has 1 rings (SSSR count). The lowest BCUT2D eigenvalue weighted by atomic mass is 10.2. The Morgan fingerprint density at radius 3 is 2.44 bits per heavy atom. The summed E-state index contributed by atoms with van der Waals surface area (Å²) in [5.74, 6) is 0.736. The van der Waals surface area contributed by atoms with Crippen LogP contribution in [-0.2, 0) is 14.8 Å². The fraction of sp³-hybridized carbons (Fsp3) is 0.417. The molecule has 0 saturated heterocycles. The lowest BCUT2D eigenvalue weighted by Gasteiger charge is -2.12. The van der Waals surface area contributed by atoms with Crippen molar-refractivity contribution in [3.63, 3.8) is 0 Å². The van der Waals surface area contributed by atoms with Crippen molar-refractivity contribution in [2.45, 2.75) is 24.3 Å². The molecule has 0 aliphatic rings. The van der Waals surface area contributed by atoms with Gasteiger partial charge in [-0.3, -0.25) is 0 Å². The molecule has 1 atom stereocenters. The summed E-state index contributed by atoms with van der Waals surface area (Å²) in [6.07, 6.45) is 3.05. The van der Waals surface area contributed by atoms with Gasteiger partial charge < -0.3 is 4.79 Å². The van der Waals surface area contributed by atoms with Crippen LogP contribution in [-0.4, -0.2) is 32.8 Å². The molecular formula is C12H17NO3S2. The molecule has 100 valence electrons. The number of benzene rings is 1. The van der Waals surface area contributed by atoms with Crippen molar-refractivity contribution >= 4 is 28.1 Å². The van der Waals surface area contributed by atoms with Crippen LogP contribution in [0.3, 0.4) is 0 Å². The molecule has 0 saturated carbocycles. The largest absolute Gasteiger partial charge is 0.302 e. The molecule has 1 aromatic rings. The molecule has 0 fully saturated rings. The smallest absolute Gasteiger partial charge is 0.241 e. The van der Waals surface area contributed by atoms with Crippen LogP contribution < -0.4 is 4.72 Å². The van der Waals surface area contributed by atoms with Crippen molar-refractivity contribution in [1.29, 1.82) is 0 Å². The van der Waals surface area contributed by atoms with Crippen molar-refractivity contribution in [2.24, 2.45) is 0 Å². The summed E-state index contributed by atoms with van der Waals surface area (Å²) in [5.41, 5.74) is 0.989. The van der Waals surface area contributed by atoms with Gasteiger partial charge in [0.05, 0.1) is 10.9 Å². The van der Waals surface area contributed by atoms with Crippen molar-refractivity contribution in [2.75, 3.05) is 12.0 Å². The highest BCUT2D eigenvalue weighted by molar-refractivity contribution is 7.98. The van der Waals surface area contributed by atoms with Crippen molar-refractivity contribution in [3.8, 4) is 0 Å². The minimum absolute atomic E-state index is 0.184. The summed E-state index contributed by atoms with van der Waals surface area (Å²) in [6, 6.07) is 5.87. The van der Waals surface area contributed by atoms with Crippen LogP contribution >= 0.6 is 11.8 Å². The Balaban J connectivity index is 2.80. The third-order valence-electron chi connectivity index (χ3n) is 2.44. The number of nitrogens with one attached hydrogen (secondary N) is 1. The van der Waals surface area contributed by atoms with Gasteiger partial charge in [-0.05, 0) is 37.5 Å². The Bertz CT molecular complexity index is 483. The summed E-state index contributed by atoms with van der Waals surface area (Å²) >= 11 is 1.58. The van der Waals surface area contributed by atoms with Crippen molar-refractivity contribution < 1.29 is 13.2 Å². The van der Waals surface area contributed by atoms with E-state index in [1.54, 1.807) is 23.9 Å². The predicted molar refractivity (Wildman–Crippen MR) is 74.4 cm³/mol. The van der Waals surface area contributed by atoms with Crippen LogP contribution in [0.1, 0.15) is 12.0 Å². The SMILES string of the molecule is CSCCC(C=O)NS(=O)(=O)c1ccc(C)cc1. The van der Waals surface area contributed by atoms with E-state index in [9.17, 15) is 13.2 Å². The average molecular weight is 287 g/mol. The maximum Gasteiger partial charge on any atom is 0.241 e. The van der Waals surface area contributed by atoms with E-state index < -0.39 is 16.1 Å².